The Kier molecular flexibility index (Phi) is 8.23. The lowest BCUT2D eigenvalue weighted by Gasteiger charge is -2.37. The van der Waals surface area contributed by atoms with Gasteiger partial charge in [-0.1, -0.05) is 49.4 Å². The predicted molar refractivity (Wildman–Crippen MR) is 141 cm³/mol. The molecule has 2 aromatic carbocycles. The zero-order valence-electron chi connectivity index (χ0n) is 21.2. The molecule has 0 spiro atoms. The number of fused-ring (bicyclic) bond motifs is 2. The van der Waals surface area contributed by atoms with Crippen molar-refractivity contribution in [1.82, 2.24) is 14.7 Å². The normalized spacial score (nSPS) is 21.7. The Balaban J connectivity index is 1.71. The van der Waals surface area contributed by atoms with Gasteiger partial charge >= 0.3 is 0 Å². The topological polar surface area (TPSA) is 26.8 Å². The first-order chi connectivity index (χ1) is 16.6. The average molecular weight is 460 g/mol. The smallest absolute Gasteiger partial charge is 0.253 e. The van der Waals surface area contributed by atoms with E-state index in [0.717, 1.165) is 44.7 Å². The van der Waals surface area contributed by atoms with E-state index in [9.17, 15) is 4.79 Å². The monoisotopic (exact) mass is 459 g/mol. The zero-order chi connectivity index (χ0) is 24.1. The van der Waals surface area contributed by atoms with Gasteiger partial charge in [-0.3, -0.25) is 14.6 Å². The van der Waals surface area contributed by atoms with Gasteiger partial charge in [0.05, 0.1) is 6.04 Å². The predicted octanol–water partition coefficient (Wildman–Crippen LogP) is 5.55. The minimum atomic E-state index is 0.121. The zero-order valence-corrected chi connectivity index (χ0v) is 21.2. The molecule has 2 aromatic rings. The second-order valence-corrected chi connectivity index (χ2v) is 9.77. The van der Waals surface area contributed by atoms with Gasteiger partial charge in [-0.15, -0.1) is 6.58 Å². The molecule has 4 nitrogen and oxygen atoms in total. The minimum absolute atomic E-state index is 0.121. The lowest BCUT2D eigenvalue weighted by atomic mass is 9.93. The molecule has 3 atom stereocenters. The standard InChI is InChI=1S/C30H41N3O/c1-5-19-31-20-18-27-16-17-28(22-31)33(27)29(26-11-9-10-23(6-2)21-26)24-12-14-25(15-13-24)30(34)32(7-3)8-4/h5,9-15,21,27-29H,1,6-8,16-20,22H2,2-4H3. The van der Waals surface area contributed by atoms with Crippen LogP contribution in [0.25, 0.3) is 0 Å². The highest BCUT2D eigenvalue weighted by molar-refractivity contribution is 5.94. The highest BCUT2D eigenvalue weighted by atomic mass is 16.2. The van der Waals surface area contributed by atoms with Crippen LogP contribution in [0, 0.1) is 0 Å². The van der Waals surface area contributed by atoms with Crippen LogP contribution in [0.2, 0.25) is 0 Å². The van der Waals surface area contributed by atoms with E-state index in [0.29, 0.717) is 12.1 Å². The van der Waals surface area contributed by atoms with Crippen LogP contribution in [0.1, 0.15) is 73.1 Å². The van der Waals surface area contributed by atoms with Crippen molar-refractivity contribution in [2.24, 2.45) is 0 Å². The molecule has 2 heterocycles. The molecule has 0 aromatic heterocycles. The van der Waals surface area contributed by atoms with Crippen LogP contribution < -0.4 is 0 Å². The molecule has 2 aliphatic rings. The lowest BCUT2D eigenvalue weighted by molar-refractivity contribution is 0.0773. The third-order valence-corrected chi connectivity index (χ3v) is 7.81. The van der Waals surface area contributed by atoms with Gasteiger partial charge in [0.25, 0.3) is 5.91 Å². The van der Waals surface area contributed by atoms with Crippen molar-refractivity contribution >= 4 is 5.91 Å². The third-order valence-electron chi connectivity index (χ3n) is 7.81. The highest BCUT2D eigenvalue weighted by Gasteiger charge is 2.41. The number of carbonyl (C=O) groups excluding carboxylic acids is 1. The molecular weight excluding hydrogens is 418 g/mol. The van der Waals surface area contributed by atoms with Gasteiger partial charge in [-0.2, -0.15) is 0 Å². The summed E-state index contributed by atoms with van der Waals surface area (Å²) in [5, 5.41) is 0. The molecule has 0 aliphatic carbocycles. The minimum Gasteiger partial charge on any atom is -0.339 e. The molecule has 2 aliphatic heterocycles. The van der Waals surface area contributed by atoms with Crippen molar-refractivity contribution in [3.63, 3.8) is 0 Å². The number of nitrogens with zero attached hydrogens (tertiary/aromatic N) is 3. The fraction of sp³-hybridized carbons (Fsp3) is 0.500. The first-order valence-electron chi connectivity index (χ1n) is 13.2. The third kappa shape index (κ3) is 5.13. The number of benzene rings is 2. The number of hydrogen-bond acceptors (Lipinski definition) is 3. The Morgan fingerprint density at radius 3 is 2.44 bits per heavy atom. The number of rotatable bonds is 9. The number of carbonyl (C=O) groups is 1. The summed E-state index contributed by atoms with van der Waals surface area (Å²) in [5.41, 5.74) is 4.82. The number of amides is 1. The van der Waals surface area contributed by atoms with Crippen LogP contribution in [0.3, 0.4) is 0 Å². The average Bonchev–Trinajstić information content (AvgIpc) is 3.16. The van der Waals surface area contributed by atoms with Crippen molar-refractivity contribution in [3.05, 3.63) is 83.4 Å². The van der Waals surface area contributed by atoms with Gasteiger partial charge in [-0.25, -0.2) is 0 Å². The quantitative estimate of drug-likeness (QED) is 0.460. The van der Waals surface area contributed by atoms with Gasteiger partial charge in [0, 0.05) is 50.4 Å². The van der Waals surface area contributed by atoms with Crippen molar-refractivity contribution in [1.29, 1.82) is 0 Å². The van der Waals surface area contributed by atoms with E-state index < -0.39 is 0 Å². The molecule has 0 saturated carbocycles. The highest BCUT2D eigenvalue weighted by Crippen LogP contribution is 2.41. The van der Waals surface area contributed by atoms with Crippen molar-refractivity contribution < 1.29 is 4.79 Å². The molecule has 4 heteroatoms. The van der Waals surface area contributed by atoms with Gasteiger partial charge in [0.1, 0.15) is 0 Å². The molecule has 34 heavy (non-hydrogen) atoms. The Morgan fingerprint density at radius 2 is 1.76 bits per heavy atom. The maximum absolute atomic E-state index is 12.9. The second kappa shape index (κ2) is 11.3. The van der Waals surface area contributed by atoms with Crippen molar-refractivity contribution in [2.75, 3.05) is 32.7 Å². The Bertz CT molecular complexity index is 965. The Morgan fingerprint density at radius 1 is 1.03 bits per heavy atom. The summed E-state index contributed by atoms with van der Waals surface area (Å²) in [5.74, 6) is 0.121. The molecule has 4 rings (SSSR count). The Hall–Kier alpha value is -2.43. The summed E-state index contributed by atoms with van der Waals surface area (Å²) in [6, 6.07) is 19.0. The molecule has 182 valence electrons. The summed E-state index contributed by atoms with van der Waals surface area (Å²) in [6.07, 6.45) is 6.80. The molecule has 0 radical (unpaired) electrons. The Labute approximate surface area is 206 Å². The van der Waals surface area contributed by atoms with E-state index in [1.807, 2.05) is 37.0 Å². The van der Waals surface area contributed by atoms with Gasteiger partial charge < -0.3 is 4.90 Å². The molecule has 1 amide bonds. The van der Waals surface area contributed by atoms with E-state index in [1.54, 1.807) is 0 Å². The molecule has 3 unspecified atom stereocenters. The van der Waals surface area contributed by atoms with E-state index in [1.165, 1.54) is 36.0 Å². The number of aryl methyl sites for hydroxylation is 1. The first kappa shape index (κ1) is 24.7. The number of likely N-dealkylation sites (tertiary alicyclic amines) is 1. The fourth-order valence-electron chi connectivity index (χ4n) is 5.97. The maximum Gasteiger partial charge on any atom is 0.253 e. The molecule has 2 saturated heterocycles. The lowest BCUT2D eigenvalue weighted by Crippen LogP contribution is -2.42. The van der Waals surface area contributed by atoms with E-state index >= 15 is 0 Å². The largest absolute Gasteiger partial charge is 0.339 e. The van der Waals surface area contributed by atoms with Crippen LogP contribution in [-0.2, 0) is 6.42 Å². The molecular formula is C30H41N3O. The van der Waals surface area contributed by atoms with E-state index in [2.05, 4.69) is 59.7 Å². The molecule has 0 N–H and O–H groups in total. The van der Waals surface area contributed by atoms with Crippen LogP contribution in [0.4, 0.5) is 0 Å². The summed E-state index contributed by atoms with van der Waals surface area (Å²) in [6.45, 7) is 15.0. The van der Waals surface area contributed by atoms with E-state index in [4.69, 9.17) is 0 Å². The van der Waals surface area contributed by atoms with Gasteiger partial charge in [0.2, 0.25) is 0 Å². The number of hydrogen-bond donors (Lipinski definition) is 0. The van der Waals surface area contributed by atoms with Crippen molar-refractivity contribution in [2.45, 2.75) is 64.6 Å². The van der Waals surface area contributed by atoms with Crippen LogP contribution >= 0.6 is 0 Å². The first-order valence-corrected chi connectivity index (χ1v) is 13.2. The summed E-state index contributed by atoms with van der Waals surface area (Å²) in [4.78, 5) is 20.2. The van der Waals surface area contributed by atoms with Gasteiger partial charge in [0.15, 0.2) is 0 Å². The summed E-state index contributed by atoms with van der Waals surface area (Å²) >= 11 is 0. The fourth-order valence-corrected chi connectivity index (χ4v) is 5.97. The van der Waals surface area contributed by atoms with Crippen LogP contribution in [0.5, 0.6) is 0 Å². The van der Waals surface area contributed by atoms with Crippen LogP contribution in [-0.4, -0.2) is 65.4 Å². The van der Waals surface area contributed by atoms with E-state index in [-0.39, 0.29) is 11.9 Å². The summed E-state index contributed by atoms with van der Waals surface area (Å²) in [7, 11) is 0. The molecule has 2 bridgehead atoms. The maximum atomic E-state index is 12.9. The summed E-state index contributed by atoms with van der Waals surface area (Å²) < 4.78 is 0. The second-order valence-electron chi connectivity index (χ2n) is 9.77. The SMILES string of the molecule is C=CCN1CCC2CCC(C1)N2C(c1ccc(C(=O)N(CC)CC)cc1)c1cccc(CC)c1. The van der Waals surface area contributed by atoms with Gasteiger partial charge in [-0.05, 0) is 68.4 Å². The van der Waals surface area contributed by atoms with Crippen LogP contribution in [0.15, 0.2) is 61.2 Å². The van der Waals surface area contributed by atoms with Crippen molar-refractivity contribution in [3.8, 4) is 0 Å². The molecule has 2 fully saturated rings.